The van der Waals surface area contributed by atoms with Crippen molar-refractivity contribution < 1.29 is 14.6 Å². The maximum atomic E-state index is 11.1. The van der Waals surface area contributed by atoms with Crippen molar-refractivity contribution in [2.75, 3.05) is 24.6 Å². The summed E-state index contributed by atoms with van der Waals surface area (Å²) in [5.41, 5.74) is 8.76. The zero-order chi connectivity index (χ0) is 20.4. The van der Waals surface area contributed by atoms with E-state index >= 15 is 0 Å². The Kier molecular flexibility index (Phi) is 5.81. The Labute approximate surface area is 175 Å². The molecule has 8 nitrogen and oxygen atoms in total. The second-order valence-electron chi connectivity index (χ2n) is 6.38. The topological polar surface area (TPSA) is 123 Å². The van der Waals surface area contributed by atoms with E-state index in [0.29, 0.717) is 47.1 Å². The lowest BCUT2D eigenvalue weighted by molar-refractivity contribution is -0.123. The number of rotatable bonds is 6. The fourth-order valence-corrected chi connectivity index (χ4v) is 4.30. The van der Waals surface area contributed by atoms with Crippen molar-refractivity contribution in [2.24, 2.45) is 0 Å². The molecule has 1 aromatic heterocycles. The molecular weight excluding hydrogens is 414 g/mol. The molecule has 0 spiro atoms. The molecule has 2 heterocycles. The minimum absolute atomic E-state index is 0.0942. The second-order valence-corrected chi connectivity index (χ2v) is 7.85. The Morgan fingerprint density at radius 1 is 1.28 bits per heavy atom. The zero-order valence-corrected chi connectivity index (χ0v) is 16.9. The molecule has 0 atom stereocenters. The van der Waals surface area contributed by atoms with Gasteiger partial charge in [-0.25, -0.2) is 4.98 Å². The Bertz CT molecular complexity index is 1100. The van der Waals surface area contributed by atoms with Crippen molar-refractivity contribution in [3.05, 3.63) is 40.4 Å². The molecule has 2 aromatic carbocycles. The van der Waals surface area contributed by atoms with E-state index in [-0.39, 0.29) is 5.95 Å². The van der Waals surface area contributed by atoms with Gasteiger partial charge >= 0.3 is 0 Å². The number of benzene rings is 2. The lowest BCUT2D eigenvalue weighted by Gasteiger charge is -2.20. The van der Waals surface area contributed by atoms with E-state index in [1.807, 2.05) is 24.3 Å². The summed E-state index contributed by atoms with van der Waals surface area (Å²) < 4.78 is 5.64. The van der Waals surface area contributed by atoms with E-state index < -0.39 is 12.5 Å². The van der Waals surface area contributed by atoms with Crippen LogP contribution in [-0.2, 0) is 22.7 Å². The number of halogens is 1. The molecule has 0 fully saturated rings. The van der Waals surface area contributed by atoms with Crippen molar-refractivity contribution in [2.45, 2.75) is 18.4 Å². The second kappa shape index (κ2) is 8.50. The van der Waals surface area contributed by atoms with Gasteiger partial charge in [-0.2, -0.15) is 9.97 Å². The van der Waals surface area contributed by atoms with E-state index in [9.17, 15) is 4.79 Å². The number of anilines is 1. The molecule has 150 valence electrons. The third-order valence-corrected chi connectivity index (χ3v) is 5.60. The number of nitrogens with zero attached hydrogens (tertiary/aromatic N) is 3. The molecule has 3 aromatic rings. The molecule has 4 N–H and O–H groups in total. The van der Waals surface area contributed by atoms with Gasteiger partial charge < -0.3 is 20.9 Å². The lowest BCUT2D eigenvalue weighted by atomic mass is 9.94. The monoisotopic (exact) mass is 431 g/mol. The van der Waals surface area contributed by atoms with Crippen molar-refractivity contribution in [1.29, 1.82) is 0 Å². The molecular formula is C19H18ClN5O3S. The smallest absolute Gasteiger partial charge is 0.245 e. The number of ether oxygens (including phenoxy) is 1. The van der Waals surface area contributed by atoms with Crippen LogP contribution >= 0.6 is 23.4 Å². The van der Waals surface area contributed by atoms with Gasteiger partial charge in [-0.05, 0) is 28.0 Å². The van der Waals surface area contributed by atoms with E-state index in [2.05, 4.69) is 20.3 Å². The van der Waals surface area contributed by atoms with Gasteiger partial charge in [-0.15, -0.1) is 0 Å². The summed E-state index contributed by atoms with van der Waals surface area (Å²) in [5.74, 6) is 0.584. The van der Waals surface area contributed by atoms with Crippen LogP contribution in [0.3, 0.4) is 0 Å². The summed E-state index contributed by atoms with van der Waals surface area (Å²) in [6.07, 6.45) is 0. The van der Waals surface area contributed by atoms with Gasteiger partial charge in [0, 0.05) is 17.9 Å². The number of nitrogens with one attached hydrogen (secondary N) is 1. The van der Waals surface area contributed by atoms with Crippen molar-refractivity contribution in [3.8, 4) is 11.4 Å². The number of nitrogen functional groups attached to an aromatic ring is 1. The van der Waals surface area contributed by atoms with Crippen molar-refractivity contribution in [1.82, 2.24) is 20.3 Å². The summed E-state index contributed by atoms with van der Waals surface area (Å²) >= 11 is 7.93. The minimum Gasteiger partial charge on any atom is -0.387 e. The van der Waals surface area contributed by atoms with Crippen LogP contribution in [0.4, 0.5) is 5.95 Å². The molecule has 1 amide bonds. The molecule has 4 rings (SSSR count). The SMILES string of the molecule is Nc1nc(SCCNC(=O)CO)nc(-c2c(Cl)cc3c4c(cccc24)COC3)n1. The van der Waals surface area contributed by atoms with Gasteiger partial charge in [-0.1, -0.05) is 41.6 Å². The number of amides is 1. The number of hydrogen-bond acceptors (Lipinski definition) is 8. The molecule has 0 radical (unpaired) electrons. The van der Waals surface area contributed by atoms with Gasteiger partial charge in [0.2, 0.25) is 11.9 Å². The van der Waals surface area contributed by atoms with Crippen LogP contribution in [0.5, 0.6) is 0 Å². The number of carbonyl (C=O) groups excluding carboxylic acids is 1. The van der Waals surface area contributed by atoms with Gasteiger partial charge in [0.1, 0.15) is 6.61 Å². The molecule has 29 heavy (non-hydrogen) atoms. The predicted molar refractivity (Wildman–Crippen MR) is 112 cm³/mol. The molecule has 0 unspecified atom stereocenters. The van der Waals surface area contributed by atoms with Gasteiger partial charge in [0.15, 0.2) is 11.0 Å². The first-order chi connectivity index (χ1) is 14.1. The molecule has 1 aliphatic heterocycles. The lowest BCUT2D eigenvalue weighted by Crippen LogP contribution is -2.28. The Morgan fingerprint density at radius 2 is 2.10 bits per heavy atom. The molecule has 0 saturated heterocycles. The average Bonchev–Trinajstić information content (AvgIpc) is 2.71. The van der Waals surface area contributed by atoms with E-state index in [4.69, 9.17) is 27.2 Å². The Morgan fingerprint density at radius 3 is 2.93 bits per heavy atom. The molecule has 10 heteroatoms. The van der Waals surface area contributed by atoms with Crippen molar-refractivity contribution >= 4 is 46.0 Å². The first-order valence-corrected chi connectivity index (χ1v) is 10.3. The highest BCUT2D eigenvalue weighted by Gasteiger charge is 2.20. The first-order valence-electron chi connectivity index (χ1n) is 8.90. The van der Waals surface area contributed by atoms with Gasteiger partial charge in [0.25, 0.3) is 0 Å². The Hall–Kier alpha value is -2.46. The first kappa shape index (κ1) is 19.8. The summed E-state index contributed by atoms with van der Waals surface area (Å²) in [6, 6.07) is 7.87. The number of hydrogen-bond donors (Lipinski definition) is 3. The maximum Gasteiger partial charge on any atom is 0.245 e. The number of aliphatic hydroxyl groups is 1. The van der Waals surface area contributed by atoms with Crippen molar-refractivity contribution in [3.63, 3.8) is 0 Å². The number of thioether (sulfide) groups is 1. The highest BCUT2D eigenvalue weighted by Crippen LogP contribution is 2.39. The van der Waals surface area contributed by atoms with Crippen LogP contribution in [0.15, 0.2) is 29.4 Å². The van der Waals surface area contributed by atoms with Gasteiger partial charge in [-0.3, -0.25) is 4.79 Å². The van der Waals surface area contributed by atoms with Crippen LogP contribution in [0, 0.1) is 0 Å². The fraction of sp³-hybridized carbons (Fsp3) is 0.263. The molecule has 1 aliphatic rings. The molecule has 0 saturated carbocycles. The third-order valence-electron chi connectivity index (χ3n) is 4.45. The summed E-state index contributed by atoms with van der Waals surface area (Å²) in [4.78, 5) is 24.1. The minimum atomic E-state index is -0.540. The number of carbonyl (C=O) groups is 1. The zero-order valence-electron chi connectivity index (χ0n) is 15.3. The maximum absolute atomic E-state index is 11.1. The number of aliphatic hydroxyl groups excluding tert-OH is 1. The van der Waals surface area contributed by atoms with Gasteiger partial charge in [0.05, 0.1) is 18.2 Å². The molecule has 0 aliphatic carbocycles. The fourth-order valence-electron chi connectivity index (χ4n) is 3.28. The van der Waals surface area contributed by atoms with E-state index in [0.717, 1.165) is 21.9 Å². The van der Waals surface area contributed by atoms with Crippen LogP contribution < -0.4 is 11.1 Å². The average molecular weight is 432 g/mol. The van der Waals surface area contributed by atoms with E-state index in [1.165, 1.54) is 11.8 Å². The van der Waals surface area contributed by atoms with Crippen LogP contribution in [-0.4, -0.2) is 44.9 Å². The number of nitrogens with two attached hydrogens (primary N) is 1. The predicted octanol–water partition coefficient (Wildman–Crippen LogP) is 2.16. The standard InChI is InChI=1S/C19H18ClN5O3S/c20-13-6-11-9-28-8-10-2-1-3-12(15(10)11)16(13)17-23-18(21)25-19(24-17)29-5-4-22-14(27)7-26/h1-3,6,26H,4-5,7-9H2,(H,22,27)(H2,21,23,24,25). The summed E-state index contributed by atoms with van der Waals surface area (Å²) in [7, 11) is 0. The quantitative estimate of drug-likeness (QED) is 0.400. The number of aromatic nitrogens is 3. The molecule has 0 bridgehead atoms. The highest BCUT2D eigenvalue weighted by molar-refractivity contribution is 7.99. The largest absolute Gasteiger partial charge is 0.387 e. The summed E-state index contributed by atoms with van der Waals surface area (Å²) in [6.45, 7) is 0.883. The van der Waals surface area contributed by atoms with E-state index in [1.54, 1.807) is 0 Å². The van der Waals surface area contributed by atoms with Crippen LogP contribution in [0.1, 0.15) is 11.1 Å². The van der Waals surface area contributed by atoms with Crippen LogP contribution in [0.25, 0.3) is 22.2 Å². The third kappa shape index (κ3) is 4.13. The summed E-state index contributed by atoms with van der Waals surface area (Å²) in [5, 5.41) is 14.3. The highest BCUT2D eigenvalue weighted by atomic mass is 35.5. The normalized spacial score (nSPS) is 12.9. The van der Waals surface area contributed by atoms with Crippen LogP contribution in [0.2, 0.25) is 5.02 Å². The Balaban J connectivity index is 1.70.